The average Bonchev–Trinajstić information content (AvgIpc) is 3.27. The van der Waals surface area contributed by atoms with Crippen LogP contribution in [-0.4, -0.2) is 47.9 Å². The molecule has 158 valence electrons. The third-order valence-electron chi connectivity index (χ3n) is 6.01. The van der Waals surface area contributed by atoms with Crippen molar-refractivity contribution in [3.63, 3.8) is 0 Å². The molecule has 2 aromatic carbocycles. The number of fused-ring (bicyclic) bond motifs is 3. The first-order chi connectivity index (χ1) is 15.1. The Morgan fingerprint density at radius 1 is 0.968 bits per heavy atom. The van der Waals surface area contributed by atoms with Gasteiger partial charge in [-0.1, -0.05) is 18.6 Å². The van der Waals surface area contributed by atoms with Gasteiger partial charge in [0.1, 0.15) is 5.70 Å². The number of non-ortho nitro benzene ring substituents is 1. The molecule has 0 N–H and O–H groups in total. The summed E-state index contributed by atoms with van der Waals surface area (Å²) >= 11 is 0. The second-order valence-electron chi connectivity index (χ2n) is 7.97. The van der Waals surface area contributed by atoms with Gasteiger partial charge in [0.15, 0.2) is 0 Å². The van der Waals surface area contributed by atoms with Gasteiger partial charge in [0.2, 0.25) is 5.96 Å². The molecule has 1 fully saturated rings. The number of likely N-dealkylation sites (tertiary alicyclic amines) is 1. The van der Waals surface area contributed by atoms with Gasteiger partial charge in [0, 0.05) is 25.2 Å². The average molecular weight is 417 g/mol. The minimum atomic E-state index is -0.435. The Balaban J connectivity index is 1.44. The number of hydrogen-bond acceptors (Lipinski definition) is 6. The first-order valence-corrected chi connectivity index (χ1v) is 10.6. The van der Waals surface area contributed by atoms with Crippen molar-refractivity contribution in [3.05, 3.63) is 69.9 Å². The van der Waals surface area contributed by atoms with Gasteiger partial charge in [-0.15, -0.1) is 0 Å². The van der Waals surface area contributed by atoms with Gasteiger partial charge in [-0.2, -0.15) is 4.99 Å². The van der Waals surface area contributed by atoms with Crippen LogP contribution in [0.2, 0.25) is 0 Å². The maximum atomic E-state index is 12.8. The van der Waals surface area contributed by atoms with Crippen molar-refractivity contribution in [3.8, 4) is 0 Å². The number of guanidine groups is 1. The van der Waals surface area contributed by atoms with Gasteiger partial charge >= 0.3 is 0 Å². The number of nitro benzene ring substituents is 1. The monoisotopic (exact) mass is 417 g/mol. The molecule has 0 unspecified atom stereocenters. The van der Waals surface area contributed by atoms with E-state index >= 15 is 0 Å². The summed E-state index contributed by atoms with van der Waals surface area (Å²) in [5, 5.41) is 10.9. The lowest BCUT2D eigenvalue weighted by atomic mass is 10.1. The molecule has 2 aromatic rings. The van der Waals surface area contributed by atoms with E-state index < -0.39 is 4.92 Å². The molecule has 0 atom stereocenters. The molecule has 3 aliphatic heterocycles. The van der Waals surface area contributed by atoms with E-state index in [9.17, 15) is 14.9 Å². The van der Waals surface area contributed by atoms with Gasteiger partial charge in [0.05, 0.1) is 16.3 Å². The standard InChI is InChI=1S/C23H23N5O3/c29-22-21(16-17-8-10-18(11-9-17)28(30)31)27-20-7-3-2-6-19(20)26(23(27)24-22)15-14-25-12-4-1-5-13-25/h2-3,6-11,16H,1,4-5,12-15H2. The summed E-state index contributed by atoms with van der Waals surface area (Å²) in [5.74, 6) is 0.335. The van der Waals surface area contributed by atoms with Crippen molar-refractivity contribution < 1.29 is 9.72 Å². The van der Waals surface area contributed by atoms with Crippen molar-refractivity contribution in [1.29, 1.82) is 0 Å². The highest BCUT2D eigenvalue weighted by Gasteiger charge is 2.41. The maximum Gasteiger partial charge on any atom is 0.297 e. The summed E-state index contributed by atoms with van der Waals surface area (Å²) in [6.45, 7) is 3.94. The number of piperidine rings is 1. The van der Waals surface area contributed by atoms with E-state index in [2.05, 4.69) is 20.9 Å². The lowest BCUT2D eigenvalue weighted by Gasteiger charge is -2.29. The number of amides is 1. The van der Waals surface area contributed by atoms with Crippen molar-refractivity contribution in [2.24, 2.45) is 4.99 Å². The fourth-order valence-electron chi connectivity index (χ4n) is 4.43. The number of nitro groups is 1. The molecule has 8 heteroatoms. The Kier molecular flexibility index (Phi) is 4.99. The van der Waals surface area contributed by atoms with Crippen LogP contribution in [0.5, 0.6) is 0 Å². The summed E-state index contributed by atoms with van der Waals surface area (Å²) in [4.78, 5) is 34.1. The molecule has 0 aromatic heterocycles. The zero-order chi connectivity index (χ0) is 21.4. The van der Waals surface area contributed by atoms with Crippen LogP contribution in [0, 0.1) is 10.1 Å². The molecule has 1 amide bonds. The van der Waals surface area contributed by atoms with Gasteiger partial charge in [-0.25, -0.2) is 0 Å². The van der Waals surface area contributed by atoms with Gasteiger partial charge in [-0.05, 0) is 61.8 Å². The zero-order valence-electron chi connectivity index (χ0n) is 17.1. The number of hydrogen-bond donors (Lipinski definition) is 0. The van der Waals surface area contributed by atoms with E-state index in [1.165, 1.54) is 31.4 Å². The van der Waals surface area contributed by atoms with Crippen LogP contribution < -0.4 is 9.80 Å². The number of benzene rings is 2. The number of rotatable bonds is 5. The third kappa shape index (κ3) is 3.59. The molecule has 0 saturated carbocycles. The van der Waals surface area contributed by atoms with Crippen LogP contribution in [0.4, 0.5) is 17.1 Å². The van der Waals surface area contributed by atoms with Gasteiger partial charge < -0.3 is 9.80 Å². The number of carbonyl (C=O) groups is 1. The van der Waals surface area contributed by atoms with E-state index in [1.54, 1.807) is 18.2 Å². The van der Waals surface area contributed by atoms with Crippen LogP contribution in [-0.2, 0) is 4.79 Å². The maximum absolute atomic E-state index is 12.8. The van der Waals surface area contributed by atoms with E-state index in [-0.39, 0.29) is 11.6 Å². The first kappa shape index (κ1) is 19.4. The van der Waals surface area contributed by atoms with Crippen molar-refractivity contribution >= 4 is 35.0 Å². The molecular weight excluding hydrogens is 394 g/mol. The lowest BCUT2D eigenvalue weighted by molar-refractivity contribution is -0.384. The highest BCUT2D eigenvalue weighted by atomic mass is 16.6. The largest absolute Gasteiger partial charge is 0.308 e. The molecule has 5 rings (SSSR count). The van der Waals surface area contributed by atoms with Gasteiger partial charge in [-0.3, -0.25) is 19.8 Å². The van der Waals surface area contributed by atoms with Gasteiger partial charge in [0.25, 0.3) is 11.6 Å². The Bertz CT molecular complexity index is 1090. The number of aliphatic imine (C=N–C) groups is 1. The number of anilines is 2. The van der Waals surface area contributed by atoms with E-state index in [4.69, 9.17) is 0 Å². The predicted octanol–water partition coefficient (Wildman–Crippen LogP) is 3.64. The molecule has 8 nitrogen and oxygen atoms in total. The molecule has 0 spiro atoms. The summed E-state index contributed by atoms with van der Waals surface area (Å²) in [5.41, 5.74) is 3.16. The van der Waals surface area contributed by atoms with Crippen molar-refractivity contribution in [1.82, 2.24) is 4.90 Å². The van der Waals surface area contributed by atoms with Crippen LogP contribution >= 0.6 is 0 Å². The Morgan fingerprint density at radius 3 is 2.39 bits per heavy atom. The molecule has 0 radical (unpaired) electrons. The summed E-state index contributed by atoms with van der Waals surface area (Å²) < 4.78 is 0. The number of nitrogens with zero attached hydrogens (tertiary/aromatic N) is 5. The SMILES string of the molecule is O=C1N=C2N(CCN3CCCCC3)c3ccccc3N2C1=Cc1ccc([N+](=O)[O-])cc1. The summed E-state index contributed by atoms with van der Waals surface area (Å²) in [7, 11) is 0. The number of para-hydroxylation sites is 2. The third-order valence-corrected chi connectivity index (χ3v) is 6.01. The topological polar surface area (TPSA) is 82.3 Å². The molecule has 31 heavy (non-hydrogen) atoms. The fraction of sp³-hybridized carbons (Fsp3) is 0.304. The quantitative estimate of drug-likeness (QED) is 0.420. The molecule has 3 aliphatic rings. The Morgan fingerprint density at radius 2 is 1.68 bits per heavy atom. The Labute approximate surface area is 180 Å². The van der Waals surface area contributed by atoms with E-state index in [0.717, 1.165) is 43.1 Å². The lowest BCUT2D eigenvalue weighted by Crippen LogP contribution is -2.41. The van der Waals surface area contributed by atoms with Crippen LogP contribution in [0.25, 0.3) is 6.08 Å². The highest BCUT2D eigenvalue weighted by Crippen LogP contribution is 2.42. The second-order valence-corrected chi connectivity index (χ2v) is 7.97. The van der Waals surface area contributed by atoms with Crippen LogP contribution in [0.3, 0.4) is 0 Å². The molecule has 3 heterocycles. The van der Waals surface area contributed by atoms with E-state index in [0.29, 0.717) is 11.7 Å². The minimum absolute atomic E-state index is 0.0206. The summed E-state index contributed by atoms with van der Waals surface area (Å²) in [6, 6.07) is 14.2. The molecule has 1 saturated heterocycles. The normalized spacial score (nSPS) is 19.5. The highest BCUT2D eigenvalue weighted by molar-refractivity contribution is 6.31. The Hall–Kier alpha value is -3.52. The van der Waals surface area contributed by atoms with E-state index in [1.807, 2.05) is 23.1 Å². The fourth-order valence-corrected chi connectivity index (χ4v) is 4.43. The van der Waals surface area contributed by atoms with Crippen molar-refractivity contribution in [2.75, 3.05) is 36.0 Å². The summed E-state index contributed by atoms with van der Waals surface area (Å²) in [6.07, 6.45) is 5.52. The zero-order valence-corrected chi connectivity index (χ0v) is 17.1. The smallest absolute Gasteiger partial charge is 0.297 e. The number of carbonyl (C=O) groups excluding carboxylic acids is 1. The van der Waals surface area contributed by atoms with Crippen LogP contribution in [0.1, 0.15) is 24.8 Å². The molecule has 0 bridgehead atoms. The minimum Gasteiger partial charge on any atom is -0.308 e. The second kappa shape index (κ2) is 7.96. The molecular formula is C23H23N5O3. The first-order valence-electron chi connectivity index (χ1n) is 10.6. The van der Waals surface area contributed by atoms with Crippen molar-refractivity contribution in [2.45, 2.75) is 19.3 Å². The predicted molar refractivity (Wildman–Crippen MR) is 120 cm³/mol. The molecule has 0 aliphatic carbocycles. The van der Waals surface area contributed by atoms with Crippen LogP contribution in [0.15, 0.2) is 59.2 Å².